The molecule has 1 aliphatic rings. The second kappa shape index (κ2) is 4.94. The van der Waals surface area contributed by atoms with Crippen LogP contribution in [0, 0.1) is 0 Å². The molecule has 1 fully saturated rings. The zero-order valence-corrected chi connectivity index (χ0v) is 9.03. The van der Waals surface area contributed by atoms with Crippen LogP contribution >= 0.6 is 0 Å². The number of hydrogen-bond acceptors (Lipinski definition) is 3. The van der Waals surface area contributed by atoms with Crippen LogP contribution in [0.3, 0.4) is 0 Å². The van der Waals surface area contributed by atoms with E-state index in [2.05, 4.69) is 30.7 Å². The lowest BCUT2D eigenvalue weighted by Crippen LogP contribution is -2.60. The molecule has 13 heavy (non-hydrogen) atoms. The van der Waals surface area contributed by atoms with E-state index in [1.807, 2.05) is 0 Å². The molecule has 0 aliphatic carbocycles. The number of rotatable bonds is 5. The SMILES string of the molecule is CC(C)N1CC(N(C)CCCO)C1. The summed E-state index contributed by atoms with van der Waals surface area (Å²) in [5.41, 5.74) is 0. The van der Waals surface area contributed by atoms with Crippen LogP contribution in [0.5, 0.6) is 0 Å². The second-order valence-electron chi connectivity index (χ2n) is 4.26. The fraction of sp³-hybridized carbons (Fsp3) is 1.00. The number of likely N-dealkylation sites (tertiary alicyclic amines) is 1. The predicted molar refractivity (Wildman–Crippen MR) is 54.8 cm³/mol. The summed E-state index contributed by atoms with van der Waals surface area (Å²) in [5, 5.41) is 8.69. The first-order valence-electron chi connectivity index (χ1n) is 5.20. The smallest absolute Gasteiger partial charge is 0.0443 e. The van der Waals surface area contributed by atoms with E-state index in [0.717, 1.165) is 13.0 Å². The van der Waals surface area contributed by atoms with Crippen LogP contribution in [-0.4, -0.2) is 60.3 Å². The lowest BCUT2D eigenvalue weighted by atomic mass is 10.1. The van der Waals surface area contributed by atoms with Gasteiger partial charge >= 0.3 is 0 Å². The Bertz CT molecular complexity index is 144. The molecule has 1 aliphatic heterocycles. The second-order valence-corrected chi connectivity index (χ2v) is 4.26. The van der Waals surface area contributed by atoms with Gasteiger partial charge in [0.2, 0.25) is 0 Å². The summed E-state index contributed by atoms with van der Waals surface area (Å²) in [7, 11) is 2.15. The van der Waals surface area contributed by atoms with E-state index in [4.69, 9.17) is 5.11 Å². The first-order chi connectivity index (χ1) is 6.15. The van der Waals surface area contributed by atoms with Crippen LogP contribution in [0.4, 0.5) is 0 Å². The van der Waals surface area contributed by atoms with Crippen LogP contribution in [0.25, 0.3) is 0 Å². The molecule has 0 bridgehead atoms. The monoisotopic (exact) mass is 186 g/mol. The minimum atomic E-state index is 0.310. The maximum Gasteiger partial charge on any atom is 0.0443 e. The third-order valence-corrected chi connectivity index (χ3v) is 2.91. The highest BCUT2D eigenvalue weighted by molar-refractivity contribution is 4.88. The zero-order valence-electron chi connectivity index (χ0n) is 9.03. The Kier molecular flexibility index (Phi) is 4.16. The summed E-state index contributed by atoms with van der Waals surface area (Å²) in [4.78, 5) is 4.83. The zero-order chi connectivity index (χ0) is 9.84. The summed E-state index contributed by atoms with van der Waals surface area (Å²) < 4.78 is 0. The van der Waals surface area contributed by atoms with E-state index < -0.39 is 0 Å². The minimum Gasteiger partial charge on any atom is -0.396 e. The van der Waals surface area contributed by atoms with Crippen LogP contribution in [0.15, 0.2) is 0 Å². The number of likely N-dealkylation sites (N-methyl/N-ethyl adjacent to an activating group) is 1. The fourth-order valence-corrected chi connectivity index (χ4v) is 1.69. The van der Waals surface area contributed by atoms with Crippen molar-refractivity contribution in [3.05, 3.63) is 0 Å². The molecule has 0 spiro atoms. The van der Waals surface area contributed by atoms with Gasteiger partial charge in [0.15, 0.2) is 0 Å². The van der Waals surface area contributed by atoms with Gasteiger partial charge in [-0.05, 0) is 27.3 Å². The molecule has 0 aromatic rings. The molecule has 0 saturated carbocycles. The van der Waals surface area contributed by atoms with Gasteiger partial charge in [-0.1, -0.05) is 0 Å². The van der Waals surface area contributed by atoms with Crippen LogP contribution in [0.1, 0.15) is 20.3 Å². The molecular weight excluding hydrogens is 164 g/mol. The van der Waals surface area contributed by atoms with Gasteiger partial charge in [0, 0.05) is 38.3 Å². The van der Waals surface area contributed by atoms with E-state index in [-0.39, 0.29) is 0 Å². The summed E-state index contributed by atoms with van der Waals surface area (Å²) in [6.45, 7) is 8.20. The maximum absolute atomic E-state index is 8.69. The van der Waals surface area contributed by atoms with Gasteiger partial charge < -0.3 is 10.0 Å². The van der Waals surface area contributed by atoms with Crippen molar-refractivity contribution >= 4 is 0 Å². The highest BCUT2D eigenvalue weighted by Crippen LogP contribution is 2.16. The Morgan fingerprint density at radius 1 is 1.46 bits per heavy atom. The third kappa shape index (κ3) is 2.93. The molecule has 0 amide bonds. The van der Waals surface area contributed by atoms with Gasteiger partial charge in [0.25, 0.3) is 0 Å². The molecule has 78 valence electrons. The first-order valence-corrected chi connectivity index (χ1v) is 5.20. The Morgan fingerprint density at radius 3 is 2.54 bits per heavy atom. The average molecular weight is 186 g/mol. The lowest BCUT2D eigenvalue weighted by molar-refractivity contribution is 0.0247. The Labute approximate surface area is 81.3 Å². The van der Waals surface area contributed by atoms with Crippen LogP contribution in [-0.2, 0) is 0 Å². The molecule has 0 aromatic carbocycles. The molecule has 3 nitrogen and oxygen atoms in total. The van der Waals surface area contributed by atoms with Gasteiger partial charge in [0.05, 0.1) is 0 Å². The van der Waals surface area contributed by atoms with Crippen molar-refractivity contribution < 1.29 is 5.11 Å². The summed E-state index contributed by atoms with van der Waals surface area (Å²) in [6.07, 6.45) is 0.897. The summed E-state index contributed by atoms with van der Waals surface area (Å²) in [5.74, 6) is 0. The average Bonchev–Trinajstić information content (AvgIpc) is 1.97. The molecule has 0 radical (unpaired) electrons. The molecule has 3 heteroatoms. The first kappa shape index (κ1) is 11.0. The van der Waals surface area contributed by atoms with E-state index >= 15 is 0 Å². The van der Waals surface area contributed by atoms with Gasteiger partial charge in [-0.25, -0.2) is 0 Å². The topological polar surface area (TPSA) is 26.7 Å². The van der Waals surface area contributed by atoms with Gasteiger partial charge in [-0.3, -0.25) is 4.90 Å². The largest absolute Gasteiger partial charge is 0.396 e. The molecule has 1 heterocycles. The van der Waals surface area contributed by atoms with Crippen molar-refractivity contribution in [1.82, 2.24) is 9.80 Å². The Hall–Kier alpha value is -0.120. The van der Waals surface area contributed by atoms with Gasteiger partial charge in [-0.15, -0.1) is 0 Å². The molecule has 0 atom stereocenters. The van der Waals surface area contributed by atoms with Crippen molar-refractivity contribution in [2.45, 2.75) is 32.4 Å². The summed E-state index contributed by atoms with van der Waals surface area (Å²) in [6, 6.07) is 1.40. The van der Waals surface area contributed by atoms with Gasteiger partial charge in [-0.2, -0.15) is 0 Å². The Morgan fingerprint density at radius 2 is 2.08 bits per heavy atom. The molecular formula is C10H22N2O. The maximum atomic E-state index is 8.69. The number of aliphatic hydroxyl groups excluding tert-OH is 1. The fourth-order valence-electron chi connectivity index (χ4n) is 1.69. The van der Waals surface area contributed by atoms with E-state index in [1.165, 1.54) is 13.1 Å². The molecule has 0 aromatic heterocycles. The highest BCUT2D eigenvalue weighted by Gasteiger charge is 2.30. The standard InChI is InChI=1S/C10H22N2O/c1-9(2)12-7-10(8-12)11(3)5-4-6-13/h9-10,13H,4-8H2,1-3H3. The van der Waals surface area contributed by atoms with Crippen molar-refractivity contribution in [3.63, 3.8) is 0 Å². The number of aliphatic hydroxyl groups is 1. The molecule has 1 N–H and O–H groups in total. The minimum absolute atomic E-state index is 0.310. The Balaban J connectivity index is 2.11. The van der Waals surface area contributed by atoms with E-state index in [1.54, 1.807) is 0 Å². The van der Waals surface area contributed by atoms with Crippen LogP contribution < -0.4 is 0 Å². The van der Waals surface area contributed by atoms with Crippen molar-refractivity contribution in [1.29, 1.82) is 0 Å². The third-order valence-electron chi connectivity index (χ3n) is 2.91. The van der Waals surface area contributed by atoms with Gasteiger partial charge in [0.1, 0.15) is 0 Å². The number of hydrogen-bond donors (Lipinski definition) is 1. The molecule has 1 rings (SSSR count). The quantitative estimate of drug-likeness (QED) is 0.673. The van der Waals surface area contributed by atoms with Crippen molar-refractivity contribution in [2.75, 3.05) is 33.3 Å². The molecule has 1 saturated heterocycles. The predicted octanol–water partition coefficient (Wildman–Crippen LogP) is 0.393. The van der Waals surface area contributed by atoms with E-state index in [9.17, 15) is 0 Å². The van der Waals surface area contributed by atoms with Crippen molar-refractivity contribution in [3.8, 4) is 0 Å². The number of nitrogens with zero attached hydrogens (tertiary/aromatic N) is 2. The lowest BCUT2D eigenvalue weighted by Gasteiger charge is -2.46. The molecule has 0 unspecified atom stereocenters. The summed E-state index contributed by atoms with van der Waals surface area (Å²) >= 11 is 0. The van der Waals surface area contributed by atoms with Crippen molar-refractivity contribution in [2.24, 2.45) is 0 Å². The normalized spacial score (nSPS) is 19.8. The van der Waals surface area contributed by atoms with E-state index in [0.29, 0.717) is 18.7 Å². The highest BCUT2D eigenvalue weighted by atomic mass is 16.3. The van der Waals surface area contributed by atoms with Crippen LogP contribution in [0.2, 0.25) is 0 Å².